The van der Waals surface area contributed by atoms with E-state index in [9.17, 15) is 18.0 Å². The van der Waals surface area contributed by atoms with Crippen molar-refractivity contribution in [3.8, 4) is 0 Å². The van der Waals surface area contributed by atoms with E-state index in [2.05, 4.69) is 5.32 Å². The van der Waals surface area contributed by atoms with Gasteiger partial charge in [0.1, 0.15) is 5.82 Å². The third-order valence-electron chi connectivity index (χ3n) is 4.54. The van der Waals surface area contributed by atoms with Gasteiger partial charge in [-0.1, -0.05) is 12.1 Å². The molecule has 1 unspecified atom stereocenters. The Morgan fingerprint density at radius 3 is 2.68 bits per heavy atom. The molecule has 3 rings (SSSR count). The number of amides is 1. The summed E-state index contributed by atoms with van der Waals surface area (Å²) >= 11 is 0. The number of anilines is 1. The molecule has 0 spiro atoms. The molecule has 7 heteroatoms. The van der Waals surface area contributed by atoms with E-state index >= 15 is 0 Å². The second kappa shape index (κ2) is 8.93. The molecule has 1 aliphatic rings. The van der Waals surface area contributed by atoms with Gasteiger partial charge in [-0.15, -0.1) is 0 Å². The van der Waals surface area contributed by atoms with Crippen LogP contribution in [0.1, 0.15) is 24.1 Å². The van der Waals surface area contributed by atoms with Crippen LogP contribution in [-0.2, 0) is 9.53 Å². The van der Waals surface area contributed by atoms with Crippen LogP contribution in [0.5, 0.6) is 0 Å². The molecule has 0 aliphatic carbocycles. The number of halogens is 3. The Bertz CT molecular complexity index is 880. The molecular weight excluding hydrogens is 369 g/mol. The molecule has 0 saturated carbocycles. The summed E-state index contributed by atoms with van der Waals surface area (Å²) in [5.41, 5.74) is 1.32. The van der Waals surface area contributed by atoms with Crippen LogP contribution in [0.3, 0.4) is 0 Å². The number of carbonyl (C=O) groups is 1. The first-order valence-electron chi connectivity index (χ1n) is 9.00. The summed E-state index contributed by atoms with van der Waals surface area (Å²) in [5, 5.41) is 2.71. The molecular formula is C21H21F3N2O2. The first-order chi connectivity index (χ1) is 13.4. The SMILES string of the molecule is CC(NC(=O)/C=C/c1cccc(F)c1F)c1cc(F)cc(N2CCOCC2)c1. The van der Waals surface area contributed by atoms with Crippen molar-refractivity contribution in [3.05, 3.63) is 71.1 Å². The summed E-state index contributed by atoms with van der Waals surface area (Å²) in [6, 6.07) is 7.91. The highest BCUT2D eigenvalue weighted by Gasteiger charge is 2.16. The van der Waals surface area contributed by atoms with Crippen LogP contribution in [0.25, 0.3) is 6.08 Å². The Labute approximate surface area is 161 Å². The standard InChI is InChI=1S/C21H21F3N2O2/c1-14(25-20(27)6-5-15-3-2-4-19(23)21(15)24)16-11-17(22)13-18(12-16)26-7-9-28-10-8-26/h2-6,11-14H,7-10H2,1H3,(H,25,27)/b6-5+. The molecule has 0 aromatic heterocycles. The van der Waals surface area contributed by atoms with E-state index in [1.54, 1.807) is 6.92 Å². The Hall–Kier alpha value is -2.80. The molecule has 1 heterocycles. The van der Waals surface area contributed by atoms with Gasteiger partial charge in [0.05, 0.1) is 19.3 Å². The van der Waals surface area contributed by atoms with Crippen LogP contribution >= 0.6 is 0 Å². The second-order valence-electron chi connectivity index (χ2n) is 6.55. The number of hydrogen-bond donors (Lipinski definition) is 1. The summed E-state index contributed by atoms with van der Waals surface area (Å²) < 4.78 is 46.2. The molecule has 2 aromatic carbocycles. The molecule has 28 heavy (non-hydrogen) atoms. The summed E-state index contributed by atoms with van der Waals surface area (Å²) in [4.78, 5) is 14.2. The van der Waals surface area contributed by atoms with Gasteiger partial charge in [-0.25, -0.2) is 13.2 Å². The fourth-order valence-corrected chi connectivity index (χ4v) is 3.01. The van der Waals surface area contributed by atoms with E-state index in [-0.39, 0.29) is 5.56 Å². The van der Waals surface area contributed by atoms with Crippen LogP contribution < -0.4 is 10.2 Å². The lowest BCUT2D eigenvalue weighted by molar-refractivity contribution is -0.117. The van der Waals surface area contributed by atoms with Gasteiger partial charge in [0, 0.05) is 30.4 Å². The summed E-state index contributed by atoms with van der Waals surface area (Å²) in [6.45, 7) is 4.24. The van der Waals surface area contributed by atoms with Crippen molar-refractivity contribution in [2.75, 3.05) is 31.2 Å². The van der Waals surface area contributed by atoms with Gasteiger partial charge in [0.25, 0.3) is 0 Å². The van der Waals surface area contributed by atoms with Crippen LogP contribution in [0.4, 0.5) is 18.9 Å². The van der Waals surface area contributed by atoms with Crippen molar-refractivity contribution in [1.82, 2.24) is 5.32 Å². The molecule has 0 radical (unpaired) electrons. The molecule has 2 aromatic rings. The van der Waals surface area contributed by atoms with Gasteiger partial charge < -0.3 is 15.0 Å². The lowest BCUT2D eigenvalue weighted by Gasteiger charge is -2.29. The molecule has 0 bridgehead atoms. The highest BCUT2D eigenvalue weighted by molar-refractivity contribution is 5.92. The zero-order valence-corrected chi connectivity index (χ0v) is 15.4. The van der Waals surface area contributed by atoms with Crippen molar-refractivity contribution >= 4 is 17.7 Å². The third-order valence-corrected chi connectivity index (χ3v) is 4.54. The van der Waals surface area contributed by atoms with E-state index < -0.39 is 29.4 Å². The minimum Gasteiger partial charge on any atom is -0.378 e. The molecule has 148 valence electrons. The zero-order chi connectivity index (χ0) is 20.1. The van der Waals surface area contributed by atoms with Crippen LogP contribution in [0.15, 0.2) is 42.5 Å². The quantitative estimate of drug-likeness (QED) is 0.789. The van der Waals surface area contributed by atoms with Gasteiger partial charge in [0.2, 0.25) is 5.91 Å². The maximum absolute atomic E-state index is 14.1. The maximum Gasteiger partial charge on any atom is 0.244 e. The van der Waals surface area contributed by atoms with Crippen molar-refractivity contribution in [3.63, 3.8) is 0 Å². The Balaban J connectivity index is 1.69. The summed E-state index contributed by atoms with van der Waals surface area (Å²) in [5.74, 6) is -2.88. The van der Waals surface area contributed by atoms with Gasteiger partial charge in [-0.2, -0.15) is 0 Å². The molecule has 1 N–H and O–H groups in total. The third kappa shape index (κ3) is 4.92. The fourth-order valence-electron chi connectivity index (χ4n) is 3.01. The number of carbonyl (C=O) groups excluding carboxylic acids is 1. The van der Waals surface area contributed by atoms with E-state index in [1.165, 1.54) is 30.3 Å². The van der Waals surface area contributed by atoms with Crippen molar-refractivity contribution in [1.29, 1.82) is 0 Å². The predicted molar refractivity (Wildman–Crippen MR) is 101 cm³/mol. The monoisotopic (exact) mass is 390 g/mol. The average molecular weight is 390 g/mol. The Morgan fingerprint density at radius 2 is 1.93 bits per heavy atom. The first-order valence-corrected chi connectivity index (χ1v) is 9.00. The number of rotatable bonds is 5. The predicted octanol–water partition coefficient (Wildman–Crippen LogP) is 3.83. The largest absolute Gasteiger partial charge is 0.378 e. The highest BCUT2D eigenvalue weighted by atomic mass is 19.2. The molecule has 1 fully saturated rings. The maximum atomic E-state index is 14.1. The first kappa shape index (κ1) is 19.9. The molecule has 4 nitrogen and oxygen atoms in total. The zero-order valence-electron chi connectivity index (χ0n) is 15.4. The van der Waals surface area contributed by atoms with Crippen molar-refractivity contribution in [2.45, 2.75) is 13.0 Å². The number of morpholine rings is 1. The van der Waals surface area contributed by atoms with Crippen molar-refractivity contribution in [2.24, 2.45) is 0 Å². The van der Waals surface area contributed by atoms with Gasteiger partial charge >= 0.3 is 0 Å². The lowest BCUT2D eigenvalue weighted by atomic mass is 10.1. The topological polar surface area (TPSA) is 41.6 Å². The van der Waals surface area contributed by atoms with E-state index in [4.69, 9.17) is 4.74 Å². The summed E-state index contributed by atoms with van der Waals surface area (Å²) in [7, 11) is 0. The van der Waals surface area contributed by atoms with Gasteiger partial charge in [-0.3, -0.25) is 4.79 Å². The Morgan fingerprint density at radius 1 is 1.18 bits per heavy atom. The number of nitrogens with zero attached hydrogens (tertiary/aromatic N) is 1. The van der Waals surface area contributed by atoms with E-state index in [1.807, 2.05) is 11.0 Å². The molecule has 1 aliphatic heterocycles. The van der Waals surface area contributed by atoms with Crippen LogP contribution in [0, 0.1) is 17.5 Å². The minimum absolute atomic E-state index is 0.0248. The van der Waals surface area contributed by atoms with E-state index in [0.717, 1.165) is 17.8 Å². The number of nitrogens with one attached hydrogen (secondary N) is 1. The minimum atomic E-state index is -1.01. The normalized spacial score (nSPS) is 15.6. The van der Waals surface area contributed by atoms with Gasteiger partial charge in [0.15, 0.2) is 11.6 Å². The lowest BCUT2D eigenvalue weighted by Crippen LogP contribution is -2.36. The average Bonchev–Trinajstić information content (AvgIpc) is 2.69. The Kier molecular flexibility index (Phi) is 6.36. The van der Waals surface area contributed by atoms with Crippen LogP contribution in [0.2, 0.25) is 0 Å². The highest BCUT2D eigenvalue weighted by Crippen LogP contribution is 2.24. The second-order valence-corrected chi connectivity index (χ2v) is 6.55. The van der Waals surface area contributed by atoms with Gasteiger partial charge in [-0.05, 0) is 42.8 Å². The van der Waals surface area contributed by atoms with Crippen LogP contribution in [-0.4, -0.2) is 32.2 Å². The smallest absolute Gasteiger partial charge is 0.244 e. The molecule has 1 atom stereocenters. The molecule has 1 saturated heterocycles. The van der Waals surface area contributed by atoms with E-state index in [0.29, 0.717) is 31.9 Å². The summed E-state index contributed by atoms with van der Waals surface area (Å²) in [6.07, 6.45) is 2.32. The molecule has 1 amide bonds. The number of hydrogen-bond acceptors (Lipinski definition) is 3. The fraction of sp³-hybridized carbons (Fsp3) is 0.286. The number of ether oxygens (including phenoxy) is 1. The van der Waals surface area contributed by atoms with Crippen molar-refractivity contribution < 1.29 is 22.7 Å². The number of benzene rings is 2.